The molecule has 0 spiro atoms. The van der Waals surface area contributed by atoms with E-state index in [0.29, 0.717) is 0 Å². The summed E-state index contributed by atoms with van der Waals surface area (Å²) in [6, 6.07) is 8.12. The number of alkyl halides is 1. The zero-order chi connectivity index (χ0) is 9.90. The van der Waals surface area contributed by atoms with Crippen molar-refractivity contribution >= 4 is 17.7 Å². The van der Waals surface area contributed by atoms with Crippen LogP contribution in [0.4, 0.5) is 0 Å². The average molecular weight is 195 g/mol. The van der Waals surface area contributed by atoms with Crippen LogP contribution in [-0.2, 0) is 4.87 Å². The molecule has 0 N–H and O–H groups in total. The highest BCUT2D eigenvalue weighted by atomic mass is 35.5. The lowest BCUT2D eigenvalue weighted by atomic mass is 9.93. The predicted octanol–water partition coefficient (Wildman–Crippen LogP) is 4.19. The van der Waals surface area contributed by atoms with E-state index < -0.39 is 0 Å². The molecule has 0 aliphatic rings. The normalized spacial score (nSPS) is 15.0. The molecule has 0 radical (unpaired) electrons. The molecule has 0 saturated carbocycles. The summed E-state index contributed by atoms with van der Waals surface area (Å²) in [7, 11) is 0. The number of halogens is 1. The van der Waals surface area contributed by atoms with E-state index in [0.717, 1.165) is 17.5 Å². The fraction of sp³-hybridized carbons (Fsp3) is 0.333. The number of benzene rings is 1. The van der Waals surface area contributed by atoms with Crippen LogP contribution in [0.15, 0.2) is 30.8 Å². The Bertz CT molecular complexity index is 300. The second kappa shape index (κ2) is 3.97. The van der Waals surface area contributed by atoms with Crippen LogP contribution in [0.2, 0.25) is 0 Å². The van der Waals surface area contributed by atoms with E-state index in [4.69, 9.17) is 11.6 Å². The van der Waals surface area contributed by atoms with Crippen LogP contribution in [0, 0.1) is 0 Å². The molecule has 1 heteroatoms. The molecule has 1 aromatic carbocycles. The van der Waals surface area contributed by atoms with Gasteiger partial charge in [-0.1, -0.05) is 43.8 Å². The van der Waals surface area contributed by atoms with Crippen LogP contribution in [0.5, 0.6) is 0 Å². The van der Waals surface area contributed by atoms with Gasteiger partial charge in [0.2, 0.25) is 0 Å². The Morgan fingerprint density at radius 3 is 2.62 bits per heavy atom. The van der Waals surface area contributed by atoms with Gasteiger partial charge in [0.1, 0.15) is 0 Å². The topological polar surface area (TPSA) is 0 Å². The molecular weight excluding hydrogens is 180 g/mol. The first-order chi connectivity index (χ1) is 6.11. The van der Waals surface area contributed by atoms with Gasteiger partial charge in [-0.25, -0.2) is 0 Å². The van der Waals surface area contributed by atoms with Crippen LogP contribution in [-0.4, -0.2) is 0 Å². The van der Waals surface area contributed by atoms with Crippen molar-refractivity contribution in [2.45, 2.75) is 25.1 Å². The van der Waals surface area contributed by atoms with Crippen LogP contribution < -0.4 is 0 Å². The van der Waals surface area contributed by atoms with Gasteiger partial charge in [-0.2, -0.15) is 0 Å². The Balaban J connectivity index is 3.20. The van der Waals surface area contributed by atoms with Gasteiger partial charge in [0, 0.05) is 0 Å². The Labute approximate surface area is 85.2 Å². The smallest absolute Gasteiger partial charge is 0.0670 e. The maximum absolute atomic E-state index is 6.38. The zero-order valence-corrected chi connectivity index (χ0v) is 8.93. The molecule has 0 heterocycles. The first-order valence-corrected chi connectivity index (χ1v) is 4.90. The highest BCUT2D eigenvalue weighted by Gasteiger charge is 2.22. The third-order valence-electron chi connectivity index (χ3n) is 2.41. The van der Waals surface area contributed by atoms with E-state index in [1.807, 2.05) is 31.2 Å². The summed E-state index contributed by atoms with van der Waals surface area (Å²) in [5, 5.41) is 0. The van der Waals surface area contributed by atoms with Crippen LogP contribution in [0.25, 0.3) is 6.08 Å². The molecule has 1 aromatic rings. The van der Waals surface area contributed by atoms with Gasteiger partial charge in [0.15, 0.2) is 0 Å². The van der Waals surface area contributed by atoms with Crippen LogP contribution in [0.3, 0.4) is 0 Å². The largest absolute Gasteiger partial charge is 0.114 e. The van der Waals surface area contributed by atoms with Crippen LogP contribution in [0.1, 0.15) is 31.4 Å². The number of hydrogen-bond donors (Lipinski definition) is 0. The fourth-order valence-electron chi connectivity index (χ4n) is 1.34. The van der Waals surface area contributed by atoms with Crippen molar-refractivity contribution in [3.05, 3.63) is 42.0 Å². The number of rotatable bonds is 3. The molecule has 1 atom stereocenters. The third kappa shape index (κ3) is 2.13. The minimum Gasteiger partial charge on any atom is -0.114 e. The van der Waals surface area contributed by atoms with Gasteiger partial charge in [-0.05, 0) is 24.5 Å². The van der Waals surface area contributed by atoms with Crippen molar-refractivity contribution < 1.29 is 0 Å². The summed E-state index contributed by atoms with van der Waals surface area (Å²) >= 11 is 6.38. The molecule has 0 saturated heterocycles. The molecule has 13 heavy (non-hydrogen) atoms. The second-order valence-electron chi connectivity index (χ2n) is 3.34. The van der Waals surface area contributed by atoms with Gasteiger partial charge < -0.3 is 0 Å². The van der Waals surface area contributed by atoms with Crippen LogP contribution >= 0.6 is 11.6 Å². The van der Waals surface area contributed by atoms with Crippen molar-refractivity contribution in [1.29, 1.82) is 0 Å². The Morgan fingerprint density at radius 2 is 2.08 bits per heavy atom. The molecule has 1 unspecified atom stereocenters. The molecule has 1 rings (SSSR count). The van der Waals surface area contributed by atoms with Crippen molar-refractivity contribution in [1.82, 2.24) is 0 Å². The molecule has 0 aliphatic carbocycles. The van der Waals surface area contributed by atoms with Gasteiger partial charge in [-0.3, -0.25) is 0 Å². The Hall–Kier alpha value is -0.750. The maximum Gasteiger partial charge on any atom is 0.0670 e. The summed E-state index contributed by atoms with van der Waals surface area (Å²) in [6.07, 6.45) is 2.77. The average Bonchev–Trinajstić information content (AvgIpc) is 2.18. The summed E-state index contributed by atoms with van der Waals surface area (Å²) in [5.74, 6) is 0. The third-order valence-corrected chi connectivity index (χ3v) is 2.88. The molecule has 0 aliphatic heterocycles. The lowest BCUT2D eigenvalue weighted by molar-refractivity contribution is 0.649. The molecule has 0 bridgehead atoms. The molecule has 0 nitrogen and oxygen atoms in total. The standard InChI is InChI=1S/C12H15Cl/c1-4-10-8-6-7-9-11(10)12(3,13)5-2/h4,6-9H,1,5H2,2-3H3. The highest BCUT2D eigenvalue weighted by molar-refractivity contribution is 6.24. The van der Waals surface area contributed by atoms with E-state index in [1.165, 1.54) is 0 Å². The van der Waals surface area contributed by atoms with Gasteiger partial charge in [0.25, 0.3) is 0 Å². The van der Waals surface area contributed by atoms with E-state index in [1.54, 1.807) is 0 Å². The van der Waals surface area contributed by atoms with E-state index in [-0.39, 0.29) is 4.87 Å². The monoisotopic (exact) mass is 194 g/mol. The lowest BCUT2D eigenvalue weighted by Gasteiger charge is -2.22. The van der Waals surface area contributed by atoms with Crippen molar-refractivity contribution in [3.63, 3.8) is 0 Å². The summed E-state index contributed by atoms with van der Waals surface area (Å²) in [6.45, 7) is 7.91. The fourth-order valence-corrected chi connectivity index (χ4v) is 1.51. The van der Waals surface area contributed by atoms with Crippen molar-refractivity contribution in [3.8, 4) is 0 Å². The molecule has 0 amide bonds. The van der Waals surface area contributed by atoms with Crippen molar-refractivity contribution in [2.75, 3.05) is 0 Å². The zero-order valence-electron chi connectivity index (χ0n) is 8.18. The summed E-state index contributed by atoms with van der Waals surface area (Å²) in [5.41, 5.74) is 2.29. The van der Waals surface area contributed by atoms with E-state index >= 15 is 0 Å². The molecular formula is C12H15Cl. The summed E-state index contributed by atoms with van der Waals surface area (Å²) < 4.78 is 0. The summed E-state index contributed by atoms with van der Waals surface area (Å²) in [4.78, 5) is -0.273. The van der Waals surface area contributed by atoms with Gasteiger partial charge in [0.05, 0.1) is 4.87 Å². The quantitative estimate of drug-likeness (QED) is 0.633. The maximum atomic E-state index is 6.38. The SMILES string of the molecule is C=Cc1ccccc1C(C)(Cl)CC. The first kappa shape index (κ1) is 10.3. The molecule has 70 valence electrons. The predicted molar refractivity (Wildman–Crippen MR) is 60.0 cm³/mol. The molecule has 0 fully saturated rings. The lowest BCUT2D eigenvalue weighted by Crippen LogP contribution is -2.13. The first-order valence-electron chi connectivity index (χ1n) is 4.52. The van der Waals surface area contributed by atoms with Gasteiger partial charge >= 0.3 is 0 Å². The number of hydrogen-bond acceptors (Lipinski definition) is 0. The second-order valence-corrected chi connectivity index (χ2v) is 4.18. The molecule has 0 aromatic heterocycles. The minimum absolute atomic E-state index is 0.273. The van der Waals surface area contributed by atoms with E-state index in [9.17, 15) is 0 Å². The van der Waals surface area contributed by atoms with Gasteiger partial charge in [-0.15, -0.1) is 11.6 Å². The Kier molecular flexibility index (Phi) is 3.16. The van der Waals surface area contributed by atoms with Crippen molar-refractivity contribution in [2.24, 2.45) is 0 Å². The Morgan fingerprint density at radius 1 is 1.46 bits per heavy atom. The minimum atomic E-state index is -0.273. The van der Waals surface area contributed by atoms with E-state index in [2.05, 4.69) is 19.6 Å². The highest BCUT2D eigenvalue weighted by Crippen LogP contribution is 2.34.